The highest BCUT2D eigenvalue weighted by Gasteiger charge is 2.38. The van der Waals surface area contributed by atoms with Crippen molar-refractivity contribution in [2.45, 2.75) is 19.6 Å². The Balaban J connectivity index is 0.000000429. The Bertz CT molecular complexity index is 1300. The van der Waals surface area contributed by atoms with Crippen LogP contribution in [0.4, 0.5) is 18.3 Å². The number of hydrogen-bond acceptors (Lipinski definition) is 6. The van der Waals surface area contributed by atoms with E-state index in [1.165, 1.54) is 11.3 Å². The maximum absolute atomic E-state index is 13.3. The highest BCUT2D eigenvalue weighted by Crippen LogP contribution is 2.30. The van der Waals surface area contributed by atoms with Crippen LogP contribution in [0, 0.1) is 0 Å². The van der Waals surface area contributed by atoms with Crippen molar-refractivity contribution in [1.29, 1.82) is 0 Å². The maximum atomic E-state index is 13.3. The van der Waals surface area contributed by atoms with Gasteiger partial charge in [-0.2, -0.15) is 13.2 Å². The number of carboxylic acid groups (broad SMARTS) is 1. The molecule has 0 spiro atoms. The van der Waals surface area contributed by atoms with Gasteiger partial charge in [0.15, 0.2) is 16.6 Å². The van der Waals surface area contributed by atoms with Crippen LogP contribution < -0.4 is 5.32 Å². The predicted octanol–water partition coefficient (Wildman–Crippen LogP) is 4.80. The van der Waals surface area contributed by atoms with Crippen LogP contribution in [-0.4, -0.2) is 56.0 Å². The van der Waals surface area contributed by atoms with Crippen LogP contribution in [0.3, 0.4) is 0 Å². The zero-order valence-electron chi connectivity index (χ0n) is 18.8. The topological polar surface area (TPSA) is 99.8 Å². The minimum Gasteiger partial charge on any atom is -0.475 e. The highest BCUT2D eigenvalue weighted by molar-refractivity contribution is 7.18. The molecule has 184 valence electrons. The van der Waals surface area contributed by atoms with E-state index in [1.54, 1.807) is 6.20 Å². The van der Waals surface area contributed by atoms with Gasteiger partial charge in [-0.3, -0.25) is 9.20 Å². The SMILES string of the molecule is CCN(Cc1ccccc1)C(=O)c1nc(-c2cnc(NC)s2)n2ccccc12.O=C(O)C(F)(F)F. The summed E-state index contributed by atoms with van der Waals surface area (Å²) in [7, 11) is 1.84. The molecule has 0 saturated heterocycles. The number of aliphatic carboxylic acids is 1. The van der Waals surface area contributed by atoms with Gasteiger partial charge in [-0.15, -0.1) is 0 Å². The van der Waals surface area contributed by atoms with Gasteiger partial charge in [0, 0.05) is 26.3 Å². The first kappa shape index (κ1) is 25.7. The number of carboxylic acids is 1. The predicted molar refractivity (Wildman–Crippen MR) is 126 cm³/mol. The fourth-order valence-electron chi connectivity index (χ4n) is 3.14. The second-order valence-electron chi connectivity index (χ2n) is 7.13. The fraction of sp³-hybridized carbons (Fsp3) is 0.217. The van der Waals surface area contributed by atoms with Crippen molar-refractivity contribution >= 4 is 33.9 Å². The number of thiazole rings is 1. The van der Waals surface area contributed by atoms with Gasteiger partial charge >= 0.3 is 12.1 Å². The van der Waals surface area contributed by atoms with Crippen molar-refractivity contribution in [3.63, 3.8) is 0 Å². The number of aromatic nitrogens is 3. The Hall–Kier alpha value is -3.93. The average molecular weight is 506 g/mol. The zero-order chi connectivity index (χ0) is 25.6. The molecule has 12 heteroatoms. The second kappa shape index (κ2) is 11.0. The highest BCUT2D eigenvalue weighted by atomic mass is 32.1. The molecule has 1 amide bonds. The number of halogens is 3. The molecule has 0 aliphatic carbocycles. The van der Waals surface area contributed by atoms with Crippen LogP contribution >= 0.6 is 11.3 Å². The molecule has 0 unspecified atom stereocenters. The van der Waals surface area contributed by atoms with Gasteiger partial charge in [-0.05, 0) is 24.6 Å². The molecular weight excluding hydrogens is 483 g/mol. The molecule has 3 heterocycles. The van der Waals surface area contributed by atoms with E-state index in [4.69, 9.17) is 14.9 Å². The van der Waals surface area contributed by atoms with Gasteiger partial charge in [0.05, 0.1) is 16.6 Å². The quantitative estimate of drug-likeness (QED) is 0.391. The Morgan fingerprint density at radius 3 is 2.37 bits per heavy atom. The number of carbonyl (C=O) groups is 2. The van der Waals surface area contributed by atoms with Crippen molar-refractivity contribution in [2.75, 3.05) is 18.9 Å². The number of carbonyl (C=O) groups excluding carboxylic acids is 1. The minimum absolute atomic E-state index is 0.0698. The first-order chi connectivity index (χ1) is 16.7. The van der Waals surface area contributed by atoms with Crippen LogP contribution in [0.15, 0.2) is 60.9 Å². The van der Waals surface area contributed by atoms with E-state index in [-0.39, 0.29) is 5.91 Å². The molecule has 0 radical (unpaired) electrons. The zero-order valence-corrected chi connectivity index (χ0v) is 19.6. The second-order valence-corrected chi connectivity index (χ2v) is 8.16. The van der Waals surface area contributed by atoms with Crippen molar-refractivity contribution in [1.82, 2.24) is 19.3 Å². The number of nitrogens with one attached hydrogen (secondary N) is 1. The molecule has 35 heavy (non-hydrogen) atoms. The summed E-state index contributed by atoms with van der Waals surface area (Å²) in [5.41, 5.74) is 2.36. The van der Waals surface area contributed by atoms with Gasteiger partial charge in [-0.25, -0.2) is 14.8 Å². The number of pyridine rings is 1. The summed E-state index contributed by atoms with van der Waals surface area (Å²) in [4.78, 5) is 34.0. The lowest BCUT2D eigenvalue weighted by Crippen LogP contribution is -2.30. The van der Waals surface area contributed by atoms with E-state index in [0.29, 0.717) is 18.8 Å². The smallest absolute Gasteiger partial charge is 0.475 e. The molecule has 0 atom stereocenters. The van der Waals surface area contributed by atoms with E-state index < -0.39 is 12.1 Å². The largest absolute Gasteiger partial charge is 0.490 e. The molecule has 0 bridgehead atoms. The monoisotopic (exact) mass is 505 g/mol. The summed E-state index contributed by atoms with van der Waals surface area (Å²) in [5, 5.41) is 11.0. The number of fused-ring (bicyclic) bond motifs is 1. The lowest BCUT2D eigenvalue weighted by Gasteiger charge is -2.20. The number of benzene rings is 1. The molecule has 0 aliphatic rings. The van der Waals surface area contributed by atoms with E-state index in [1.807, 2.05) is 78.0 Å². The normalized spacial score (nSPS) is 11.0. The molecule has 0 aliphatic heterocycles. The van der Waals surface area contributed by atoms with Crippen molar-refractivity contribution in [3.05, 3.63) is 72.2 Å². The molecule has 8 nitrogen and oxygen atoms in total. The number of nitrogens with zero attached hydrogens (tertiary/aromatic N) is 4. The Morgan fingerprint density at radius 1 is 1.14 bits per heavy atom. The lowest BCUT2D eigenvalue weighted by atomic mass is 10.2. The Morgan fingerprint density at radius 2 is 1.80 bits per heavy atom. The summed E-state index contributed by atoms with van der Waals surface area (Å²) in [6.07, 6.45) is -1.37. The van der Waals surface area contributed by atoms with E-state index in [0.717, 1.165) is 26.9 Å². The summed E-state index contributed by atoms with van der Waals surface area (Å²) < 4.78 is 33.7. The molecular formula is C23H22F3N5O3S. The third-order valence-electron chi connectivity index (χ3n) is 4.82. The van der Waals surface area contributed by atoms with Gasteiger partial charge in [0.1, 0.15) is 0 Å². The summed E-state index contributed by atoms with van der Waals surface area (Å²) in [6.45, 7) is 3.16. The van der Waals surface area contributed by atoms with E-state index in [9.17, 15) is 18.0 Å². The lowest BCUT2D eigenvalue weighted by molar-refractivity contribution is -0.192. The summed E-state index contributed by atoms with van der Waals surface area (Å²) in [6, 6.07) is 15.8. The molecule has 2 N–H and O–H groups in total. The van der Waals surface area contributed by atoms with E-state index >= 15 is 0 Å². The van der Waals surface area contributed by atoms with Crippen LogP contribution in [0.25, 0.3) is 16.2 Å². The molecule has 4 aromatic rings. The van der Waals surface area contributed by atoms with Gasteiger partial charge in [-0.1, -0.05) is 47.7 Å². The first-order valence-electron chi connectivity index (χ1n) is 10.4. The van der Waals surface area contributed by atoms with Crippen LogP contribution in [0.2, 0.25) is 0 Å². The number of hydrogen-bond donors (Lipinski definition) is 2. The Kier molecular flexibility index (Phi) is 8.07. The number of imidazole rings is 1. The number of rotatable bonds is 6. The van der Waals surface area contributed by atoms with Crippen LogP contribution in [0.5, 0.6) is 0 Å². The number of anilines is 1. The van der Waals surface area contributed by atoms with Gasteiger partial charge < -0.3 is 15.3 Å². The maximum Gasteiger partial charge on any atom is 0.490 e. The van der Waals surface area contributed by atoms with Crippen LogP contribution in [0.1, 0.15) is 23.0 Å². The van der Waals surface area contributed by atoms with Gasteiger partial charge in [0.2, 0.25) is 0 Å². The minimum atomic E-state index is -5.08. The number of alkyl halides is 3. The Labute approximate surface area is 202 Å². The summed E-state index contributed by atoms with van der Waals surface area (Å²) in [5.74, 6) is -2.10. The van der Waals surface area contributed by atoms with Crippen molar-refractivity contribution < 1.29 is 27.9 Å². The van der Waals surface area contributed by atoms with E-state index in [2.05, 4.69) is 10.3 Å². The molecule has 0 saturated carbocycles. The van der Waals surface area contributed by atoms with Crippen molar-refractivity contribution in [2.24, 2.45) is 0 Å². The third kappa shape index (κ3) is 6.15. The number of amides is 1. The fourth-order valence-corrected chi connectivity index (χ4v) is 3.90. The molecule has 3 aromatic heterocycles. The van der Waals surface area contributed by atoms with Crippen molar-refractivity contribution in [3.8, 4) is 10.7 Å². The molecule has 0 fully saturated rings. The summed E-state index contributed by atoms with van der Waals surface area (Å²) >= 11 is 1.51. The third-order valence-corrected chi connectivity index (χ3v) is 5.83. The first-order valence-corrected chi connectivity index (χ1v) is 11.2. The standard InChI is InChI=1S/C21H21N5OS.C2HF3O2/c1-3-25(14-15-9-5-4-6-10-15)20(27)18-16-11-7-8-12-26(16)19(24-18)17-13-23-21(22-2)28-17;3-2(4,5)1(6)7/h4-13H,3,14H2,1-2H3,(H,22,23);(H,6,7). The molecule has 1 aromatic carbocycles. The van der Waals surface area contributed by atoms with Crippen LogP contribution in [-0.2, 0) is 11.3 Å². The van der Waals surface area contributed by atoms with Gasteiger partial charge in [0.25, 0.3) is 5.91 Å². The average Bonchev–Trinajstić information content (AvgIpc) is 3.47. The molecule has 4 rings (SSSR count).